The molecule has 9 heavy (non-hydrogen) atoms. The van der Waals surface area contributed by atoms with Gasteiger partial charge in [-0.05, 0) is 25.5 Å². The number of halogens is 1. The van der Waals surface area contributed by atoms with E-state index in [0.717, 1.165) is 15.6 Å². The fourth-order valence-corrected chi connectivity index (χ4v) is 0.702. The van der Waals surface area contributed by atoms with Gasteiger partial charge in [0.05, 0.1) is 0 Å². The molecule has 0 saturated heterocycles. The van der Waals surface area contributed by atoms with Crippen LogP contribution in [0.25, 0.3) is 0 Å². The van der Waals surface area contributed by atoms with Crippen molar-refractivity contribution in [2.45, 2.75) is 13.8 Å². The van der Waals surface area contributed by atoms with Crippen LogP contribution in [0, 0.1) is 0 Å². The first-order valence-corrected chi connectivity index (χ1v) is 3.52. The molecule has 0 aliphatic heterocycles. The molecule has 1 heteroatoms. The van der Waals surface area contributed by atoms with Crippen LogP contribution in [0.1, 0.15) is 13.8 Å². The van der Waals surface area contributed by atoms with Crippen LogP contribution in [-0.4, -0.2) is 0 Å². The minimum absolute atomic E-state index is 0.892. The second-order valence-corrected chi connectivity index (χ2v) is 3.07. The molecule has 0 bridgehead atoms. The van der Waals surface area contributed by atoms with Gasteiger partial charge in [0, 0.05) is 4.48 Å². The lowest BCUT2D eigenvalue weighted by molar-refractivity contribution is 1.36. The smallest absolute Gasteiger partial charge is 0.0106 e. The third-order valence-corrected chi connectivity index (χ3v) is 1.28. The summed E-state index contributed by atoms with van der Waals surface area (Å²) in [5.74, 6) is 0. The summed E-state index contributed by atoms with van der Waals surface area (Å²) in [6, 6.07) is 0. The molecule has 0 aromatic heterocycles. The third-order valence-electron chi connectivity index (χ3n) is 1.05. The zero-order valence-electron chi connectivity index (χ0n) is 5.87. The molecule has 0 rings (SSSR count). The van der Waals surface area contributed by atoms with Gasteiger partial charge in [0.25, 0.3) is 0 Å². The monoisotopic (exact) mass is 186 g/mol. The van der Waals surface area contributed by atoms with E-state index in [4.69, 9.17) is 0 Å². The average molecular weight is 187 g/mol. The van der Waals surface area contributed by atoms with Crippen molar-refractivity contribution in [2.75, 3.05) is 0 Å². The maximum atomic E-state index is 3.78. The standard InChI is InChI=1S/C8H11Br/c1-6(2)7(3)5-8(4)9/h5H,1,4H2,2-3H3/b7-5-. The van der Waals surface area contributed by atoms with Crippen LogP contribution < -0.4 is 0 Å². The van der Waals surface area contributed by atoms with Crippen molar-refractivity contribution in [1.29, 1.82) is 0 Å². The molecule has 0 aromatic rings. The molecule has 0 fully saturated rings. The van der Waals surface area contributed by atoms with Crippen molar-refractivity contribution < 1.29 is 0 Å². The van der Waals surface area contributed by atoms with Gasteiger partial charge in [-0.3, -0.25) is 0 Å². The Morgan fingerprint density at radius 3 is 1.89 bits per heavy atom. The van der Waals surface area contributed by atoms with Gasteiger partial charge in [0.1, 0.15) is 0 Å². The second kappa shape index (κ2) is 3.67. The number of hydrogen-bond donors (Lipinski definition) is 0. The van der Waals surface area contributed by atoms with E-state index in [0.29, 0.717) is 0 Å². The Labute approximate surface area is 65.1 Å². The molecule has 0 spiro atoms. The quantitative estimate of drug-likeness (QED) is 0.581. The number of allylic oxidation sites excluding steroid dienone is 4. The Kier molecular flexibility index (Phi) is 3.55. The molecule has 0 saturated carbocycles. The molecule has 50 valence electrons. The first kappa shape index (κ1) is 8.70. The highest BCUT2D eigenvalue weighted by Crippen LogP contribution is 2.11. The molecular formula is C8H11Br. The van der Waals surface area contributed by atoms with Gasteiger partial charge in [-0.1, -0.05) is 34.7 Å². The maximum Gasteiger partial charge on any atom is 0.0106 e. The fourth-order valence-electron chi connectivity index (χ4n) is 0.358. The van der Waals surface area contributed by atoms with E-state index in [1.54, 1.807) is 0 Å². The minimum atomic E-state index is 0.892. The van der Waals surface area contributed by atoms with Crippen molar-refractivity contribution in [3.05, 3.63) is 34.9 Å². The molecule has 0 heterocycles. The van der Waals surface area contributed by atoms with Crippen LogP contribution >= 0.6 is 15.9 Å². The highest BCUT2D eigenvalue weighted by molar-refractivity contribution is 9.11. The first-order valence-electron chi connectivity index (χ1n) is 2.72. The van der Waals surface area contributed by atoms with Gasteiger partial charge in [-0.2, -0.15) is 0 Å². The van der Waals surface area contributed by atoms with Crippen LogP contribution in [0.4, 0.5) is 0 Å². The van der Waals surface area contributed by atoms with E-state index < -0.39 is 0 Å². The van der Waals surface area contributed by atoms with Crippen LogP contribution in [0.15, 0.2) is 34.9 Å². The normalized spacial score (nSPS) is 11.2. The van der Waals surface area contributed by atoms with Crippen molar-refractivity contribution in [3.8, 4) is 0 Å². The van der Waals surface area contributed by atoms with E-state index in [-0.39, 0.29) is 0 Å². The number of hydrogen-bond acceptors (Lipinski definition) is 0. The van der Waals surface area contributed by atoms with Crippen molar-refractivity contribution in [1.82, 2.24) is 0 Å². The van der Waals surface area contributed by atoms with Crippen LogP contribution in [-0.2, 0) is 0 Å². The van der Waals surface area contributed by atoms with Gasteiger partial charge < -0.3 is 0 Å². The summed E-state index contributed by atoms with van der Waals surface area (Å²) in [6.45, 7) is 11.4. The third kappa shape index (κ3) is 4.22. The zero-order valence-corrected chi connectivity index (χ0v) is 7.46. The molecule has 0 aliphatic rings. The topological polar surface area (TPSA) is 0 Å². The lowest BCUT2D eigenvalue weighted by atomic mass is 10.1. The second-order valence-electron chi connectivity index (χ2n) is 2.05. The van der Waals surface area contributed by atoms with E-state index in [2.05, 4.69) is 29.1 Å². The highest BCUT2D eigenvalue weighted by atomic mass is 79.9. The van der Waals surface area contributed by atoms with E-state index in [1.165, 1.54) is 0 Å². The van der Waals surface area contributed by atoms with Gasteiger partial charge >= 0.3 is 0 Å². The summed E-state index contributed by atoms with van der Waals surface area (Å²) in [5.41, 5.74) is 2.24. The Hall–Kier alpha value is -0.300. The summed E-state index contributed by atoms with van der Waals surface area (Å²) in [7, 11) is 0. The zero-order chi connectivity index (χ0) is 7.44. The van der Waals surface area contributed by atoms with E-state index in [1.807, 2.05) is 19.9 Å². The van der Waals surface area contributed by atoms with Gasteiger partial charge in [0.2, 0.25) is 0 Å². The minimum Gasteiger partial charge on any atom is -0.0958 e. The van der Waals surface area contributed by atoms with Gasteiger partial charge in [-0.15, -0.1) is 0 Å². The van der Waals surface area contributed by atoms with Crippen LogP contribution in [0.2, 0.25) is 0 Å². The average Bonchev–Trinajstić information content (AvgIpc) is 1.63. The van der Waals surface area contributed by atoms with Crippen LogP contribution in [0.5, 0.6) is 0 Å². The first-order chi connectivity index (χ1) is 4.04. The lowest BCUT2D eigenvalue weighted by Crippen LogP contribution is -1.74. The molecule has 0 unspecified atom stereocenters. The molecule has 0 aliphatic carbocycles. The Balaban J connectivity index is 4.17. The van der Waals surface area contributed by atoms with Crippen molar-refractivity contribution in [3.63, 3.8) is 0 Å². The molecule has 0 aromatic carbocycles. The molecular weight excluding hydrogens is 176 g/mol. The van der Waals surface area contributed by atoms with Gasteiger partial charge in [-0.25, -0.2) is 0 Å². The van der Waals surface area contributed by atoms with E-state index >= 15 is 0 Å². The van der Waals surface area contributed by atoms with E-state index in [9.17, 15) is 0 Å². The van der Waals surface area contributed by atoms with Crippen molar-refractivity contribution in [2.24, 2.45) is 0 Å². The molecule has 0 N–H and O–H groups in total. The van der Waals surface area contributed by atoms with Gasteiger partial charge in [0.15, 0.2) is 0 Å². The molecule has 0 nitrogen and oxygen atoms in total. The highest BCUT2D eigenvalue weighted by Gasteiger charge is 1.87. The Morgan fingerprint density at radius 1 is 1.33 bits per heavy atom. The van der Waals surface area contributed by atoms with Crippen LogP contribution in [0.3, 0.4) is 0 Å². The summed E-state index contributed by atoms with van der Waals surface area (Å²) < 4.78 is 0.892. The maximum absolute atomic E-state index is 3.78. The Bertz CT molecular complexity index is 163. The fraction of sp³-hybridized carbons (Fsp3) is 0.250. The lowest BCUT2D eigenvalue weighted by Gasteiger charge is -1.95. The molecule has 0 radical (unpaired) electrons. The predicted molar refractivity (Wildman–Crippen MR) is 46.6 cm³/mol. The molecule has 0 amide bonds. The summed E-state index contributed by atoms with van der Waals surface area (Å²) in [5, 5.41) is 0. The summed E-state index contributed by atoms with van der Waals surface area (Å²) in [4.78, 5) is 0. The predicted octanol–water partition coefficient (Wildman–Crippen LogP) is 3.42. The summed E-state index contributed by atoms with van der Waals surface area (Å²) >= 11 is 3.23. The largest absolute Gasteiger partial charge is 0.0958 e. The SMILES string of the molecule is C=C(Br)/C=C(/C)C(=C)C. The molecule has 0 atom stereocenters. The van der Waals surface area contributed by atoms with Crippen molar-refractivity contribution >= 4 is 15.9 Å². The number of rotatable bonds is 2. The summed E-state index contributed by atoms with van der Waals surface area (Å²) in [6.07, 6.45) is 1.95. The Morgan fingerprint density at radius 2 is 1.78 bits per heavy atom.